The monoisotopic (exact) mass is 178 g/mol. The van der Waals surface area contributed by atoms with Gasteiger partial charge in [0.25, 0.3) is 0 Å². The number of carbonyl (C=O) groups excluding carboxylic acids is 1. The lowest BCUT2D eigenvalue weighted by Gasteiger charge is -2.15. The Morgan fingerprint density at radius 1 is 1.25 bits per heavy atom. The molecule has 70 valence electrons. The predicted octanol–water partition coefficient (Wildman–Crippen LogP) is 1.55. The van der Waals surface area contributed by atoms with Crippen molar-refractivity contribution in [1.82, 2.24) is 0 Å². The summed E-state index contributed by atoms with van der Waals surface area (Å²) >= 11 is 0. The van der Waals surface area contributed by atoms with Crippen molar-refractivity contribution in [2.75, 3.05) is 0 Å². The van der Waals surface area contributed by atoms with Crippen molar-refractivity contribution >= 4 is 12.3 Å². The largest absolute Gasteiger partial charge is 0.550 e. The molecule has 0 unspecified atom stereocenters. The molecule has 0 aliphatic heterocycles. The van der Waals surface area contributed by atoms with E-state index in [9.17, 15) is 9.59 Å². The molecule has 0 bridgehead atoms. The number of hydrogen-bond acceptors (Lipinski definition) is 5. The molecule has 0 saturated heterocycles. The third kappa shape index (κ3) is 6.81. The molecule has 0 aromatic carbocycles. The minimum atomic E-state index is -1.74. The zero-order valence-corrected chi connectivity index (χ0v) is 6.99. The molecule has 0 aromatic rings. The van der Waals surface area contributed by atoms with E-state index in [4.69, 9.17) is 5.11 Å². The maximum Gasteiger partial charge on any atom is 0.550 e. The molecule has 0 atom stereocenters. The highest BCUT2D eigenvalue weighted by atomic mass is 17.2. The summed E-state index contributed by atoms with van der Waals surface area (Å²) in [4.78, 5) is 28.5. The minimum absolute atomic E-state index is 0.697. The van der Waals surface area contributed by atoms with Crippen LogP contribution in [0, 0.1) is 0 Å². The van der Waals surface area contributed by atoms with Gasteiger partial charge in [0.15, 0.2) is 0 Å². The summed E-state index contributed by atoms with van der Waals surface area (Å²) in [7, 11) is 0. The lowest BCUT2D eigenvalue weighted by molar-refractivity contribution is -0.309. The highest BCUT2D eigenvalue weighted by Crippen LogP contribution is 2.07. The molecule has 0 saturated carbocycles. The van der Waals surface area contributed by atoms with Gasteiger partial charge in [0.05, 0.1) is 0 Å². The van der Waals surface area contributed by atoms with Crippen molar-refractivity contribution in [3.8, 4) is 0 Å². The second-order valence-electron chi connectivity index (χ2n) is 2.90. The summed E-state index contributed by atoms with van der Waals surface area (Å²) in [5.41, 5.74) is -0.697. The van der Waals surface area contributed by atoms with Gasteiger partial charge in [0.2, 0.25) is 0 Å². The van der Waals surface area contributed by atoms with Crippen molar-refractivity contribution in [1.29, 1.82) is 0 Å². The quantitative estimate of drug-likeness (QED) is 0.284. The Morgan fingerprint density at radius 2 is 1.75 bits per heavy atom. The van der Waals surface area contributed by atoms with E-state index in [1.54, 1.807) is 20.8 Å². The fourth-order valence-electron chi connectivity index (χ4n) is 0.247. The Kier molecular flexibility index (Phi) is 3.49. The van der Waals surface area contributed by atoms with Crippen molar-refractivity contribution in [2.24, 2.45) is 0 Å². The maximum absolute atomic E-state index is 10.3. The first-order valence-corrected chi connectivity index (χ1v) is 3.12. The molecular formula is C6H10O6. The van der Waals surface area contributed by atoms with Crippen molar-refractivity contribution in [2.45, 2.75) is 26.4 Å². The summed E-state index contributed by atoms with van der Waals surface area (Å²) in [6.45, 7) is 4.88. The summed E-state index contributed by atoms with van der Waals surface area (Å²) < 4.78 is 3.58. The molecule has 0 heterocycles. The number of carboxylic acid groups (broad SMARTS) is 1. The number of carbonyl (C=O) groups is 2. The average Bonchev–Trinajstić information content (AvgIpc) is 1.80. The Hall–Kier alpha value is -1.30. The van der Waals surface area contributed by atoms with E-state index in [1.165, 1.54) is 0 Å². The summed E-state index contributed by atoms with van der Waals surface area (Å²) in [5, 5.41) is 7.93. The van der Waals surface area contributed by atoms with Gasteiger partial charge in [-0.2, -0.15) is 4.89 Å². The minimum Gasteiger partial charge on any atom is -0.449 e. The third-order valence-electron chi connectivity index (χ3n) is 0.530. The Bertz CT molecular complexity index is 179. The van der Waals surface area contributed by atoms with Crippen LogP contribution in [0.15, 0.2) is 0 Å². The summed E-state index contributed by atoms with van der Waals surface area (Å²) in [6.07, 6.45) is -3.14. The second kappa shape index (κ2) is 3.91. The molecule has 0 aromatic heterocycles. The smallest absolute Gasteiger partial charge is 0.449 e. The Morgan fingerprint density at radius 3 is 2.08 bits per heavy atom. The highest BCUT2D eigenvalue weighted by Gasteiger charge is 2.17. The highest BCUT2D eigenvalue weighted by molar-refractivity contribution is 5.75. The fraction of sp³-hybridized carbons (Fsp3) is 0.667. The van der Waals surface area contributed by atoms with Crippen LogP contribution in [0.1, 0.15) is 20.8 Å². The van der Waals surface area contributed by atoms with Crippen molar-refractivity contribution < 1.29 is 29.2 Å². The van der Waals surface area contributed by atoms with Crippen LogP contribution in [-0.2, 0) is 14.5 Å². The Labute approximate surface area is 69.0 Å². The van der Waals surface area contributed by atoms with Gasteiger partial charge in [0, 0.05) is 0 Å². The molecular weight excluding hydrogens is 168 g/mol. The van der Waals surface area contributed by atoms with Gasteiger partial charge in [-0.15, -0.1) is 0 Å². The molecule has 1 N–H and O–H groups in total. The number of hydrogen-bond donors (Lipinski definition) is 1. The van der Waals surface area contributed by atoms with Crippen LogP contribution in [0.2, 0.25) is 0 Å². The van der Waals surface area contributed by atoms with Gasteiger partial charge in [-0.25, -0.2) is 9.59 Å². The van der Waals surface area contributed by atoms with Crippen molar-refractivity contribution in [3.05, 3.63) is 0 Å². The van der Waals surface area contributed by atoms with Gasteiger partial charge in [-0.3, -0.25) is 4.89 Å². The van der Waals surface area contributed by atoms with E-state index in [0.29, 0.717) is 0 Å². The van der Waals surface area contributed by atoms with Crippen LogP contribution in [0.25, 0.3) is 0 Å². The van der Waals surface area contributed by atoms with Crippen LogP contribution in [0.4, 0.5) is 9.59 Å². The zero-order valence-electron chi connectivity index (χ0n) is 6.99. The normalized spacial score (nSPS) is 10.6. The topological polar surface area (TPSA) is 82.1 Å². The summed E-state index contributed by atoms with van der Waals surface area (Å²) in [5.74, 6) is 0. The van der Waals surface area contributed by atoms with Crippen LogP contribution in [0.3, 0.4) is 0 Å². The Balaban J connectivity index is 3.65. The van der Waals surface area contributed by atoms with Gasteiger partial charge < -0.3 is 9.84 Å². The lowest BCUT2D eigenvalue weighted by Crippen LogP contribution is -2.23. The predicted molar refractivity (Wildman–Crippen MR) is 36.4 cm³/mol. The average molecular weight is 178 g/mol. The lowest BCUT2D eigenvalue weighted by atomic mass is 10.2. The number of ether oxygens (including phenoxy) is 1. The standard InChI is InChI=1S/C6H10O6/c1-6(2,3)12-11-5(9)10-4(7)8/h1-3H3,(H,7,8). The molecule has 0 fully saturated rings. The molecule has 0 aliphatic rings. The van der Waals surface area contributed by atoms with Gasteiger partial charge >= 0.3 is 12.3 Å². The van der Waals surface area contributed by atoms with E-state index in [1.807, 2.05) is 0 Å². The van der Waals surface area contributed by atoms with Crippen molar-refractivity contribution in [3.63, 3.8) is 0 Å². The van der Waals surface area contributed by atoms with Gasteiger partial charge in [-0.05, 0) is 20.8 Å². The third-order valence-corrected chi connectivity index (χ3v) is 0.530. The first-order chi connectivity index (χ1) is 5.31. The van der Waals surface area contributed by atoms with Crippen LogP contribution in [-0.4, -0.2) is 23.0 Å². The molecule has 12 heavy (non-hydrogen) atoms. The molecule has 0 amide bonds. The molecule has 6 nitrogen and oxygen atoms in total. The molecule has 0 aliphatic carbocycles. The van der Waals surface area contributed by atoms with E-state index in [2.05, 4.69) is 14.5 Å². The molecule has 6 heteroatoms. The van der Waals surface area contributed by atoms with E-state index in [0.717, 1.165) is 0 Å². The van der Waals surface area contributed by atoms with E-state index >= 15 is 0 Å². The second-order valence-corrected chi connectivity index (χ2v) is 2.90. The van der Waals surface area contributed by atoms with Crippen LogP contribution in [0.5, 0.6) is 0 Å². The van der Waals surface area contributed by atoms with E-state index < -0.39 is 17.9 Å². The first-order valence-electron chi connectivity index (χ1n) is 3.12. The number of rotatable bonds is 1. The van der Waals surface area contributed by atoms with E-state index in [-0.39, 0.29) is 0 Å². The van der Waals surface area contributed by atoms with Gasteiger partial charge in [0.1, 0.15) is 5.60 Å². The zero-order chi connectivity index (χ0) is 9.78. The maximum atomic E-state index is 10.3. The van der Waals surface area contributed by atoms with Gasteiger partial charge in [-0.1, -0.05) is 0 Å². The molecule has 0 radical (unpaired) electrons. The molecule has 0 rings (SSSR count). The fourth-order valence-corrected chi connectivity index (χ4v) is 0.247. The van der Waals surface area contributed by atoms with Crippen LogP contribution >= 0.6 is 0 Å². The molecule has 0 spiro atoms. The summed E-state index contributed by atoms with van der Waals surface area (Å²) in [6, 6.07) is 0. The SMILES string of the molecule is CC(C)(C)OOC(=O)OC(=O)O. The van der Waals surface area contributed by atoms with Crippen LogP contribution < -0.4 is 0 Å². The first kappa shape index (κ1) is 10.7.